The van der Waals surface area contributed by atoms with Crippen molar-refractivity contribution < 1.29 is 4.92 Å². The highest BCUT2D eigenvalue weighted by Crippen LogP contribution is 2.31. The number of nitro benzene ring substituents is 1. The Morgan fingerprint density at radius 3 is 2.48 bits per heavy atom. The molecule has 1 N–H and O–H groups in total. The minimum absolute atomic E-state index is 0.0236. The van der Waals surface area contributed by atoms with Crippen molar-refractivity contribution in [3.05, 3.63) is 39.9 Å². The van der Waals surface area contributed by atoms with Crippen LogP contribution < -0.4 is 5.32 Å². The average Bonchev–Trinajstić information content (AvgIpc) is 2.53. The van der Waals surface area contributed by atoms with Gasteiger partial charge in [0.25, 0.3) is 5.69 Å². The summed E-state index contributed by atoms with van der Waals surface area (Å²) in [4.78, 5) is 10.8. The number of hydrogen-bond acceptors (Lipinski definition) is 3. The summed E-state index contributed by atoms with van der Waals surface area (Å²) in [7, 11) is 0. The van der Waals surface area contributed by atoms with E-state index in [9.17, 15) is 10.1 Å². The zero-order valence-electron chi connectivity index (χ0n) is 13.0. The van der Waals surface area contributed by atoms with Crippen LogP contribution in [0.4, 0.5) is 5.69 Å². The first-order chi connectivity index (χ1) is 10.1. The maximum atomic E-state index is 11.1. The molecule has 1 aliphatic carbocycles. The van der Waals surface area contributed by atoms with Gasteiger partial charge in [0.2, 0.25) is 0 Å². The number of nitro groups is 1. The third-order valence-corrected chi connectivity index (χ3v) is 4.86. The number of benzene rings is 1. The normalized spacial score (nSPS) is 23.7. The molecule has 116 valence electrons. The van der Waals surface area contributed by atoms with Crippen LogP contribution in [0.5, 0.6) is 0 Å². The molecule has 1 aromatic rings. The summed E-state index contributed by atoms with van der Waals surface area (Å²) in [6.45, 7) is 5.25. The van der Waals surface area contributed by atoms with Gasteiger partial charge in [-0.3, -0.25) is 10.1 Å². The minimum atomic E-state index is -0.292. The minimum Gasteiger partial charge on any atom is -0.310 e. The molecule has 0 saturated heterocycles. The molecule has 1 fully saturated rings. The molecule has 0 bridgehead atoms. The second-order valence-corrected chi connectivity index (χ2v) is 6.24. The molecule has 0 amide bonds. The van der Waals surface area contributed by atoms with Gasteiger partial charge in [-0.2, -0.15) is 0 Å². The van der Waals surface area contributed by atoms with Gasteiger partial charge in [-0.25, -0.2) is 0 Å². The highest BCUT2D eigenvalue weighted by molar-refractivity contribution is 5.41. The summed E-state index contributed by atoms with van der Waals surface area (Å²) in [5.41, 5.74) is 0.997. The van der Waals surface area contributed by atoms with E-state index in [1.54, 1.807) is 12.1 Å². The molecule has 21 heavy (non-hydrogen) atoms. The van der Waals surface area contributed by atoms with Gasteiger partial charge >= 0.3 is 0 Å². The first-order valence-electron chi connectivity index (χ1n) is 8.08. The number of nitrogens with zero attached hydrogens (tertiary/aromatic N) is 1. The largest absolute Gasteiger partial charge is 0.310 e. The Balaban J connectivity index is 1.88. The van der Waals surface area contributed by atoms with Gasteiger partial charge in [-0.15, -0.1) is 0 Å². The highest BCUT2D eigenvalue weighted by Gasteiger charge is 2.22. The van der Waals surface area contributed by atoms with Crippen LogP contribution in [-0.4, -0.2) is 11.5 Å². The molecule has 1 saturated carbocycles. The molecule has 0 radical (unpaired) electrons. The zero-order valence-corrected chi connectivity index (χ0v) is 13.0. The lowest BCUT2D eigenvalue weighted by Gasteiger charge is -2.29. The second-order valence-electron chi connectivity index (χ2n) is 6.24. The number of nitrogens with one attached hydrogen (secondary N) is 1. The summed E-state index contributed by atoms with van der Waals surface area (Å²) < 4.78 is 0. The third-order valence-electron chi connectivity index (χ3n) is 4.86. The molecular formula is C17H26N2O2. The Bertz CT molecular complexity index is 468. The quantitative estimate of drug-likeness (QED) is 0.621. The molecule has 0 heterocycles. The Morgan fingerprint density at radius 2 is 1.86 bits per heavy atom. The molecule has 1 aliphatic rings. The van der Waals surface area contributed by atoms with E-state index >= 15 is 0 Å². The fourth-order valence-electron chi connectivity index (χ4n) is 3.32. The van der Waals surface area contributed by atoms with Crippen LogP contribution in [-0.2, 0) is 0 Å². The van der Waals surface area contributed by atoms with E-state index in [0.29, 0.717) is 0 Å². The average molecular weight is 290 g/mol. The van der Waals surface area contributed by atoms with Crippen LogP contribution in [0.2, 0.25) is 0 Å². The Morgan fingerprint density at radius 1 is 1.24 bits per heavy atom. The van der Waals surface area contributed by atoms with Crippen LogP contribution in [0.15, 0.2) is 24.3 Å². The van der Waals surface area contributed by atoms with Crippen molar-refractivity contribution >= 4 is 5.69 Å². The second kappa shape index (κ2) is 7.55. The van der Waals surface area contributed by atoms with Gasteiger partial charge in [0.1, 0.15) is 0 Å². The molecule has 0 aromatic heterocycles. The van der Waals surface area contributed by atoms with Crippen molar-refractivity contribution in [2.75, 3.05) is 6.54 Å². The molecule has 0 spiro atoms. The van der Waals surface area contributed by atoms with E-state index in [1.807, 2.05) is 19.1 Å². The molecule has 4 heteroatoms. The van der Waals surface area contributed by atoms with Crippen LogP contribution >= 0.6 is 0 Å². The maximum absolute atomic E-state index is 11.1. The Kier molecular flexibility index (Phi) is 5.74. The van der Waals surface area contributed by atoms with E-state index in [0.717, 1.165) is 23.9 Å². The molecule has 0 aliphatic heterocycles. The van der Waals surface area contributed by atoms with Crippen molar-refractivity contribution in [2.45, 2.75) is 52.0 Å². The van der Waals surface area contributed by atoms with E-state index in [4.69, 9.17) is 0 Å². The molecule has 4 nitrogen and oxygen atoms in total. The van der Waals surface area contributed by atoms with Gasteiger partial charge in [0.05, 0.1) is 4.92 Å². The summed E-state index contributed by atoms with van der Waals surface area (Å²) in [6.07, 6.45) is 6.54. The SMILES string of the molecule is CCC1CCC(CNC(C)c2ccccc2[N+](=O)[O-])CC1. The maximum Gasteiger partial charge on any atom is 0.274 e. The van der Waals surface area contributed by atoms with Crippen molar-refractivity contribution in [3.8, 4) is 0 Å². The Labute approximate surface area is 127 Å². The molecule has 1 atom stereocenters. The van der Waals surface area contributed by atoms with Crippen molar-refractivity contribution in [3.63, 3.8) is 0 Å². The van der Waals surface area contributed by atoms with Crippen molar-refractivity contribution in [1.82, 2.24) is 5.32 Å². The van der Waals surface area contributed by atoms with Gasteiger partial charge < -0.3 is 5.32 Å². The summed E-state index contributed by atoms with van der Waals surface area (Å²) in [6, 6.07) is 7.05. The van der Waals surface area contributed by atoms with Gasteiger partial charge in [-0.1, -0.05) is 44.4 Å². The number of hydrogen-bond donors (Lipinski definition) is 1. The molecule has 1 unspecified atom stereocenters. The van der Waals surface area contributed by atoms with E-state index < -0.39 is 0 Å². The fourth-order valence-corrected chi connectivity index (χ4v) is 3.32. The van der Waals surface area contributed by atoms with E-state index in [2.05, 4.69) is 12.2 Å². The molecule has 2 rings (SSSR count). The van der Waals surface area contributed by atoms with Gasteiger partial charge in [0.15, 0.2) is 0 Å². The fraction of sp³-hybridized carbons (Fsp3) is 0.647. The smallest absolute Gasteiger partial charge is 0.274 e. The zero-order chi connectivity index (χ0) is 15.2. The number of rotatable bonds is 6. The molecular weight excluding hydrogens is 264 g/mol. The lowest BCUT2D eigenvalue weighted by atomic mass is 9.81. The van der Waals surface area contributed by atoms with E-state index in [-0.39, 0.29) is 16.7 Å². The molecule has 1 aromatic carbocycles. The summed E-state index contributed by atoms with van der Waals surface area (Å²) >= 11 is 0. The number of para-hydroxylation sites is 1. The third kappa shape index (κ3) is 4.27. The van der Waals surface area contributed by atoms with Crippen molar-refractivity contribution in [1.29, 1.82) is 0 Å². The summed E-state index contributed by atoms with van der Waals surface area (Å²) in [5.74, 6) is 1.63. The Hall–Kier alpha value is -1.42. The van der Waals surface area contributed by atoms with Gasteiger partial charge in [0, 0.05) is 17.7 Å². The summed E-state index contributed by atoms with van der Waals surface area (Å²) in [5, 5.41) is 14.6. The van der Waals surface area contributed by atoms with Crippen LogP contribution in [0.25, 0.3) is 0 Å². The lowest BCUT2D eigenvalue weighted by Crippen LogP contribution is -2.28. The standard InChI is InChI=1S/C17H26N2O2/c1-3-14-8-10-15(11-9-14)12-18-13(2)16-6-4-5-7-17(16)19(20)21/h4-7,13-15,18H,3,8-12H2,1-2H3. The van der Waals surface area contributed by atoms with Crippen LogP contribution in [0, 0.1) is 22.0 Å². The lowest BCUT2D eigenvalue weighted by molar-refractivity contribution is -0.385. The van der Waals surface area contributed by atoms with E-state index in [1.165, 1.54) is 32.1 Å². The highest BCUT2D eigenvalue weighted by atomic mass is 16.6. The first-order valence-corrected chi connectivity index (χ1v) is 8.08. The first kappa shape index (κ1) is 16.0. The predicted octanol–water partition coefficient (Wildman–Crippen LogP) is 4.46. The topological polar surface area (TPSA) is 55.2 Å². The monoisotopic (exact) mass is 290 g/mol. The van der Waals surface area contributed by atoms with Crippen LogP contribution in [0.3, 0.4) is 0 Å². The van der Waals surface area contributed by atoms with Crippen LogP contribution in [0.1, 0.15) is 57.6 Å². The van der Waals surface area contributed by atoms with Gasteiger partial charge in [-0.05, 0) is 38.1 Å². The van der Waals surface area contributed by atoms with Crippen molar-refractivity contribution in [2.24, 2.45) is 11.8 Å². The predicted molar refractivity (Wildman–Crippen MR) is 85.3 cm³/mol.